The van der Waals surface area contributed by atoms with Gasteiger partial charge in [0.05, 0.1) is 20.1 Å². The van der Waals surface area contributed by atoms with Crippen molar-refractivity contribution in [2.75, 3.05) is 26.8 Å². The molecule has 2 aromatic carbocycles. The predicted molar refractivity (Wildman–Crippen MR) is 145 cm³/mol. The molecule has 2 heterocycles. The maximum atomic E-state index is 13.9. The number of carbonyl (C=O) groups is 2. The first-order valence-corrected chi connectivity index (χ1v) is 14.0. The summed E-state index contributed by atoms with van der Waals surface area (Å²) >= 11 is 1.75. The Balaban J connectivity index is 1.36. The SMILES string of the molecule is COc1ccc2c(C(=O)c3ccc(OCCC(=O)N4CCCC4)cc3)c(C3CCCCC3C)sc2c1. The average molecular weight is 506 g/mol. The summed E-state index contributed by atoms with van der Waals surface area (Å²) in [5, 5.41) is 1.01. The number of thiophene rings is 1. The highest BCUT2D eigenvalue weighted by Gasteiger charge is 2.30. The predicted octanol–water partition coefficient (Wildman–Crippen LogP) is 6.83. The summed E-state index contributed by atoms with van der Waals surface area (Å²) in [7, 11) is 1.68. The van der Waals surface area contributed by atoms with E-state index in [1.807, 2.05) is 47.4 Å². The van der Waals surface area contributed by atoms with Crippen molar-refractivity contribution in [3.05, 3.63) is 58.5 Å². The molecular formula is C30H35NO4S. The Morgan fingerprint density at radius 2 is 1.69 bits per heavy atom. The first-order chi connectivity index (χ1) is 17.5. The molecule has 5 rings (SSSR count). The Morgan fingerprint density at radius 1 is 0.972 bits per heavy atom. The second-order valence-electron chi connectivity index (χ2n) is 10.1. The topological polar surface area (TPSA) is 55.8 Å². The highest BCUT2D eigenvalue weighted by Crippen LogP contribution is 2.46. The normalized spacial score (nSPS) is 20.0. The molecule has 0 radical (unpaired) electrons. The number of ether oxygens (including phenoxy) is 2. The third-order valence-electron chi connectivity index (χ3n) is 7.76. The Bertz CT molecular complexity index is 1230. The molecule has 2 aliphatic rings. The van der Waals surface area contributed by atoms with Crippen LogP contribution in [-0.2, 0) is 4.79 Å². The van der Waals surface area contributed by atoms with E-state index >= 15 is 0 Å². The molecule has 1 aromatic heterocycles. The molecule has 0 N–H and O–H groups in total. The van der Waals surface area contributed by atoms with Crippen LogP contribution in [0.15, 0.2) is 42.5 Å². The standard InChI is InChI=1S/C30H35NO4S/c1-20-7-3-4-8-24(20)30-28(25-14-13-23(34-2)19-26(25)36-30)29(33)21-9-11-22(12-10-21)35-18-15-27(32)31-16-5-6-17-31/h9-14,19-20,24H,3-8,15-18H2,1-2H3. The van der Waals surface area contributed by atoms with Gasteiger partial charge in [0.2, 0.25) is 5.91 Å². The summed E-state index contributed by atoms with van der Waals surface area (Å²) in [5.74, 6) is 2.70. The fourth-order valence-electron chi connectivity index (χ4n) is 5.65. The zero-order chi connectivity index (χ0) is 25.1. The van der Waals surface area contributed by atoms with E-state index in [0.717, 1.165) is 53.8 Å². The van der Waals surface area contributed by atoms with E-state index in [1.165, 1.54) is 24.1 Å². The van der Waals surface area contributed by atoms with Gasteiger partial charge in [0.15, 0.2) is 5.78 Å². The molecule has 2 unspecified atom stereocenters. The molecule has 1 aliphatic carbocycles. The fraction of sp³-hybridized carbons (Fsp3) is 0.467. The summed E-state index contributed by atoms with van der Waals surface area (Å²) in [4.78, 5) is 29.3. The molecule has 1 saturated heterocycles. The molecule has 3 aromatic rings. The zero-order valence-electron chi connectivity index (χ0n) is 21.3. The number of ketones is 1. The van der Waals surface area contributed by atoms with Crippen LogP contribution >= 0.6 is 11.3 Å². The average Bonchev–Trinajstić information content (AvgIpc) is 3.57. The molecule has 1 saturated carbocycles. The lowest BCUT2D eigenvalue weighted by atomic mass is 9.78. The molecule has 5 nitrogen and oxygen atoms in total. The number of nitrogens with zero attached hydrogens (tertiary/aromatic N) is 1. The van der Waals surface area contributed by atoms with Crippen LogP contribution in [0.25, 0.3) is 10.1 Å². The third-order valence-corrected chi connectivity index (χ3v) is 9.04. The molecule has 2 fully saturated rings. The molecule has 0 spiro atoms. The monoisotopic (exact) mass is 505 g/mol. The molecular weight excluding hydrogens is 470 g/mol. The van der Waals surface area contributed by atoms with Gasteiger partial charge in [0, 0.05) is 39.2 Å². The molecule has 190 valence electrons. The van der Waals surface area contributed by atoms with E-state index in [9.17, 15) is 9.59 Å². The largest absolute Gasteiger partial charge is 0.497 e. The lowest BCUT2D eigenvalue weighted by Crippen LogP contribution is -2.28. The number of hydrogen-bond acceptors (Lipinski definition) is 5. The van der Waals surface area contributed by atoms with Crippen LogP contribution in [0.5, 0.6) is 11.5 Å². The second kappa shape index (κ2) is 11.0. The van der Waals surface area contributed by atoms with Crippen LogP contribution in [0.1, 0.15) is 78.6 Å². The number of fused-ring (bicyclic) bond motifs is 1. The van der Waals surface area contributed by atoms with Gasteiger partial charge in [-0.25, -0.2) is 0 Å². The van der Waals surface area contributed by atoms with E-state index in [1.54, 1.807) is 18.4 Å². The summed E-state index contributed by atoms with van der Waals surface area (Å²) < 4.78 is 12.4. The van der Waals surface area contributed by atoms with Gasteiger partial charge in [0.25, 0.3) is 0 Å². The summed E-state index contributed by atoms with van der Waals surface area (Å²) in [6.07, 6.45) is 7.40. The van der Waals surface area contributed by atoms with Gasteiger partial charge in [-0.1, -0.05) is 26.2 Å². The van der Waals surface area contributed by atoms with Gasteiger partial charge in [0.1, 0.15) is 11.5 Å². The Morgan fingerprint density at radius 3 is 2.42 bits per heavy atom. The first-order valence-electron chi connectivity index (χ1n) is 13.2. The Hall–Kier alpha value is -2.86. The van der Waals surface area contributed by atoms with E-state index in [0.29, 0.717) is 36.2 Å². The van der Waals surface area contributed by atoms with Crippen molar-refractivity contribution in [3.63, 3.8) is 0 Å². The minimum atomic E-state index is 0.0648. The summed E-state index contributed by atoms with van der Waals surface area (Å²) in [6, 6.07) is 13.4. The third kappa shape index (κ3) is 5.15. The minimum absolute atomic E-state index is 0.0648. The van der Waals surface area contributed by atoms with Crippen molar-refractivity contribution in [1.29, 1.82) is 0 Å². The molecule has 0 bridgehead atoms. The van der Waals surface area contributed by atoms with Gasteiger partial charge in [-0.2, -0.15) is 0 Å². The smallest absolute Gasteiger partial charge is 0.225 e. The van der Waals surface area contributed by atoms with Crippen LogP contribution in [0.3, 0.4) is 0 Å². The molecule has 6 heteroatoms. The number of benzene rings is 2. The van der Waals surface area contributed by atoms with Crippen LogP contribution in [-0.4, -0.2) is 43.4 Å². The second-order valence-corrected chi connectivity index (χ2v) is 11.2. The van der Waals surface area contributed by atoms with Crippen molar-refractivity contribution in [2.45, 2.75) is 57.8 Å². The maximum absolute atomic E-state index is 13.9. The van der Waals surface area contributed by atoms with E-state index in [-0.39, 0.29) is 11.7 Å². The lowest BCUT2D eigenvalue weighted by molar-refractivity contribution is -0.130. The molecule has 1 aliphatic heterocycles. The number of likely N-dealkylation sites (tertiary alicyclic amines) is 1. The van der Waals surface area contributed by atoms with Crippen LogP contribution in [0.4, 0.5) is 0 Å². The Kier molecular flexibility index (Phi) is 7.61. The molecule has 2 atom stereocenters. The Labute approximate surface area is 217 Å². The van der Waals surface area contributed by atoms with Crippen molar-refractivity contribution >= 4 is 33.1 Å². The maximum Gasteiger partial charge on any atom is 0.225 e. The number of rotatable bonds is 8. The number of carbonyl (C=O) groups excluding carboxylic acids is 2. The van der Waals surface area contributed by atoms with E-state index in [4.69, 9.17) is 9.47 Å². The molecule has 1 amide bonds. The number of hydrogen-bond donors (Lipinski definition) is 0. The van der Waals surface area contributed by atoms with Crippen molar-refractivity contribution < 1.29 is 19.1 Å². The van der Waals surface area contributed by atoms with Gasteiger partial charge >= 0.3 is 0 Å². The quantitative estimate of drug-likeness (QED) is 0.315. The van der Waals surface area contributed by atoms with Crippen LogP contribution in [0, 0.1) is 5.92 Å². The van der Waals surface area contributed by atoms with Crippen molar-refractivity contribution in [2.24, 2.45) is 5.92 Å². The summed E-state index contributed by atoms with van der Waals surface area (Å²) in [5.41, 5.74) is 1.51. The number of amides is 1. The van der Waals surface area contributed by atoms with Gasteiger partial charge in [-0.15, -0.1) is 11.3 Å². The number of methoxy groups -OCH3 is 1. The molecule has 36 heavy (non-hydrogen) atoms. The van der Waals surface area contributed by atoms with E-state index in [2.05, 4.69) is 6.92 Å². The fourth-order valence-corrected chi connectivity index (χ4v) is 7.15. The highest BCUT2D eigenvalue weighted by molar-refractivity contribution is 7.19. The zero-order valence-corrected chi connectivity index (χ0v) is 22.1. The lowest BCUT2D eigenvalue weighted by Gasteiger charge is -2.28. The van der Waals surface area contributed by atoms with Gasteiger partial charge in [-0.3, -0.25) is 9.59 Å². The van der Waals surface area contributed by atoms with Crippen LogP contribution in [0.2, 0.25) is 0 Å². The van der Waals surface area contributed by atoms with Crippen molar-refractivity contribution in [1.82, 2.24) is 4.90 Å². The highest BCUT2D eigenvalue weighted by atomic mass is 32.1. The van der Waals surface area contributed by atoms with E-state index < -0.39 is 0 Å². The van der Waals surface area contributed by atoms with Crippen LogP contribution < -0.4 is 9.47 Å². The minimum Gasteiger partial charge on any atom is -0.497 e. The first kappa shape index (κ1) is 24.8. The summed E-state index contributed by atoms with van der Waals surface area (Å²) in [6.45, 7) is 4.40. The van der Waals surface area contributed by atoms with Gasteiger partial charge in [-0.05, 0) is 73.6 Å². The van der Waals surface area contributed by atoms with Gasteiger partial charge < -0.3 is 14.4 Å². The van der Waals surface area contributed by atoms with Crippen molar-refractivity contribution in [3.8, 4) is 11.5 Å².